The topological polar surface area (TPSA) is 132 Å². The molecule has 0 bridgehead atoms. The predicted molar refractivity (Wildman–Crippen MR) is 79.3 cm³/mol. The van der Waals surface area contributed by atoms with Crippen molar-refractivity contribution in [2.75, 3.05) is 13.1 Å². The second-order valence-electron chi connectivity index (χ2n) is 4.42. The molecule has 1 amide bonds. The minimum Gasteiger partial charge on any atom is -0.472 e. The fourth-order valence-electron chi connectivity index (χ4n) is 1.70. The van der Waals surface area contributed by atoms with Crippen LogP contribution in [0.2, 0.25) is 0 Å². The Kier molecular flexibility index (Phi) is 5.09. The molecule has 0 aliphatic heterocycles. The van der Waals surface area contributed by atoms with E-state index >= 15 is 0 Å². The fraction of sp³-hybridized carbons (Fsp3) is 0.154. The molecule has 2 N–H and O–H groups in total. The van der Waals surface area contributed by atoms with E-state index in [2.05, 4.69) is 10.0 Å². The quantitative estimate of drug-likeness (QED) is 0.437. The highest BCUT2D eigenvalue weighted by Gasteiger charge is 2.17. The van der Waals surface area contributed by atoms with Gasteiger partial charge in [-0.1, -0.05) is 6.07 Å². The molecule has 23 heavy (non-hydrogen) atoms. The molecular weight excluding hydrogens is 326 g/mol. The molecule has 122 valence electrons. The highest BCUT2D eigenvalue weighted by Crippen LogP contribution is 2.16. The van der Waals surface area contributed by atoms with Crippen molar-refractivity contribution >= 4 is 21.6 Å². The summed E-state index contributed by atoms with van der Waals surface area (Å²) < 4.78 is 31.0. The summed E-state index contributed by atoms with van der Waals surface area (Å²) in [6.45, 7) is -0.00716. The van der Waals surface area contributed by atoms with Crippen molar-refractivity contribution < 1.29 is 22.6 Å². The summed E-state index contributed by atoms with van der Waals surface area (Å²) >= 11 is 0. The molecule has 1 aromatic heterocycles. The molecule has 1 aromatic carbocycles. The third-order valence-electron chi connectivity index (χ3n) is 2.82. The Labute approximate surface area is 131 Å². The first-order valence-electron chi connectivity index (χ1n) is 6.45. The van der Waals surface area contributed by atoms with Gasteiger partial charge < -0.3 is 9.73 Å². The molecule has 1 heterocycles. The molecule has 0 atom stereocenters. The summed E-state index contributed by atoms with van der Waals surface area (Å²) in [5, 5.41) is 13.2. The molecule has 0 radical (unpaired) electrons. The number of carbonyl (C=O) groups excluding carboxylic acids is 1. The molecule has 0 spiro atoms. The molecule has 9 nitrogen and oxygen atoms in total. The summed E-state index contributed by atoms with van der Waals surface area (Å²) in [5.74, 6) is -0.395. The van der Waals surface area contributed by atoms with Gasteiger partial charge in [0.05, 0.1) is 21.6 Å². The standard InChI is InChI=1S/C13H13N3O6S/c17-13(10-4-7-22-9-10)14-5-6-15-23(20,21)12-3-1-2-11(8-12)16(18)19/h1-4,7-9,15H,5-6H2,(H,14,17). The summed E-state index contributed by atoms with van der Waals surface area (Å²) in [7, 11) is -3.89. The average Bonchev–Trinajstić information content (AvgIpc) is 3.06. The second kappa shape index (κ2) is 7.03. The predicted octanol–water partition coefficient (Wildman–Crippen LogP) is 0.896. The van der Waals surface area contributed by atoms with Crippen molar-refractivity contribution in [1.29, 1.82) is 0 Å². The van der Waals surface area contributed by atoms with Gasteiger partial charge in [0.1, 0.15) is 6.26 Å². The van der Waals surface area contributed by atoms with Crippen LogP contribution in [0.4, 0.5) is 5.69 Å². The number of sulfonamides is 1. The van der Waals surface area contributed by atoms with Crippen LogP contribution in [0.1, 0.15) is 10.4 Å². The monoisotopic (exact) mass is 339 g/mol. The number of nitrogens with one attached hydrogen (secondary N) is 2. The Hall–Kier alpha value is -2.72. The van der Waals surface area contributed by atoms with Crippen LogP contribution in [-0.4, -0.2) is 32.3 Å². The van der Waals surface area contributed by atoms with E-state index in [1.165, 1.54) is 36.8 Å². The number of hydrogen-bond donors (Lipinski definition) is 2. The van der Waals surface area contributed by atoms with E-state index in [0.717, 1.165) is 6.07 Å². The van der Waals surface area contributed by atoms with Gasteiger partial charge in [-0.25, -0.2) is 13.1 Å². The number of non-ortho nitro benzene ring substituents is 1. The number of nitro groups is 1. The smallest absolute Gasteiger partial charge is 0.270 e. The van der Waals surface area contributed by atoms with E-state index in [9.17, 15) is 23.3 Å². The lowest BCUT2D eigenvalue weighted by atomic mass is 10.3. The zero-order chi connectivity index (χ0) is 16.9. The zero-order valence-corrected chi connectivity index (χ0v) is 12.6. The molecular formula is C13H13N3O6S. The Morgan fingerprint density at radius 3 is 2.70 bits per heavy atom. The number of rotatable bonds is 7. The van der Waals surface area contributed by atoms with Crippen LogP contribution in [0, 0.1) is 10.1 Å². The van der Waals surface area contributed by atoms with E-state index in [0.29, 0.717) is 5.56 Å². The van der Waals surface area contributed by atoms with Crippen molar-refractivity contribution in [3.8, 4) is 0 Å². The van der Waals surface area contributed by atoms with Gasteiger partial charge in [0.25, 0.3) is 11.6 Å². The summed E-state index contributed by atoms with van der Waals surface area (Å²) in [5.41, 5.74) is 0.00711. The van der Waals surface area contributed by atoms with E-state index in [4.69, 9.17) is 4.42 Å². The molecule has 0 aliphatic rings. The number of carbonyl (C=O) groups is 1. The first-order valence-corrected chi connectivity index (χ1v) is 7.93. The number of amides is 1. The third kappa shape index (κ3) is 4.37. The molecule has 0 fully saturated rings. The van der Waals surface area contributed by atoms with E-state index in [1.807, 2.05) is 0 Å². The maximum atomic E-state index is 12.0. The SMILES string of the molecule is O=C(NCCNS(=O)(=O)c1cccc([N+](=O)[O-])c1)c1ccoc1. The largest absolute Gasteiger partial charge is 0.472 e. The molecule has 0 saturated carbocycles. The van der Waals surface area contributed by atoms with E-state index < -0.39 is 20.9 Å². The van der Waals surface area contributed by atoms with E-state index in [1.54, 1.807) is 0 Å². The Bertz CT molecular complexity index is 801. The lowest BCUT2D eigenvalue weighted by molar-refractivity contribution is -0.385. The van der Waals surface area contributed by atoms with Gasteiger partial charge in [-0.2, -0.15) is 0 Å². The average molecular weight is 339 g/mol. The van der Waals surface area contributed by atoms with Crippen LogP contribution in [0.15, 0.2) is 52.2 Å². The number of nitro benzene ring substituents is 1. The lowest BCUT2D eigenvalue weighted by Crippen LogP contribution is -2.34. The maximum Gasteiger partial charge on any atom is 0.270 e. The lowest BCUT2D eigenvalue weighted by Gasteiger charge is -2.07. The Balaban J connectivity index is 1.90. The highest BCUT2D eigenvalue weighted by molar-refractivity contribution is 7.89. The van der Waals surface area contributed by atoms with Crippen molar-refractivity contribution in [2.24, 2.45) is 0 Å². The number of furan rings is 1. The molecule has 0 unspecified atom stereocenters. The van der Waals surface area contributed by atoms with Gasteiger partial charge >= 0.3 is 0 Å². The molecule has 2 aromatic rings. The van der Waals surface area contributed by atoms with Crippen LogP contribution >= 0.6 is 0 Å². The number of benzene rings is 1. The fourth-order valence-corrected chi connectivity index (χ4v) is 2.78. The minimum atomic E-state index is -3.89. The molecule has 0 saturated heterocycles. The van der Waals surface area contributed by atoms with Crippen molar-refractivity contribution in [3.63, 3.8) is 0 Å². The highest BCUT2D eigenvalue weighted by atomic mass is 32.2. The van der Waals surface area contributed by atoms with Gasteiger partial charge in [0, 0.05) is 25.2 Å². The summed E-state index contributed by atoms with van der Waals surface area (Å²) in [4.78, 5) is 21.4. The van der Waals surface area contributed by atoms with Crippen molar-refractivity contribution in [3.05, 3.63) is 58.5 Å². The number of nitrogens with zero attached hydrogens (tertiary/aromatic N) is 1. The van der Waals surface area contributed by atoms with E-state index in [-0.39, 0.29) is 23.7 Å². The normalized spacial score (nSPS) is 11.1. The van der Waals surface area contributed by atoms with Gasteiger partial charge in [0.15, 0.2) is 0 Å². The van der Waals surface area contributed by atoms with Crippen LogP contribution in [0.5, 0.6) is 0 Å². The van der Waals surface area contributed by atoms with Crippen LogP contribution in [0.3, 0.4) is 0 Å². The Morgan fingerprint density at radius 1 is 1.26 bits per heavy atom. The minimum absolute atomic E-state index is 0.0537. The van der Waals surface area contributed by atoms with Crippen LogP contribution in [0.25, 0.3) is 0 Å². The van der Waals surface area contributed by atoms with Gasteiger partial charge in [-0.05, 0) is 12.1 Å². The summed E-state index contributed by atoms with van der Waals surface area (Å²) in [6, 6.07) is 6.17. The van der Waals surface area contributed by atoms with Gasteiger partial charge in [-0.3, -0.25) is 14.9 Å². The zero-order valence-electron chi connectivity index (χ0n) is 11.8. The maximum absolute atomic E-state index is 12.0. The van der Waals surface area contributed by atoms with Crippen LogP contribution in [-0.2, 0) is 10.0 Å². The third-order valence-corrected chi connectivity index (χ3v) is 4.28. The summed E-state index contributed by atoms with van der Waals surface area (Å²) in [6.07, 6.45) is 2.61. The van der Waals surface area contributed by atoms with Crippen LogP contribution < -0.4 is 10.0 Å². The Morgan fingerprint density at radius 2 is 2.04 bits per heavy atom. The second-order valence-corrected chi connectivity index (χ2v) is 6.19. The van der Waals surface area contributed by atoms with Crippen molar-refractivity contribution in [2.45, 2.75) is 4.90 Å². The first-order chi connectivity index (χ1) is 10.9. The molecule has 10 heteroatoms. The van der Waals surface area contributed by atoms with Gasteiger partial charge in [-0.15, -0.1) is 0 Å². The van der Waals surface area contributed by atoms with Crippen molar-refractivity contribution in [1.82, 2.24) is 10.0 Å². The first kappa shape index (κ1) is 16.6. The molecule has 2 rings (SSSR count). The number of hydrogen-bond acceptors (Lipinski definition) is 6. The van der Waals surface area contributed by atoms with Gasteiger partial charge in [0.2, 0.25) is 10.0 Å². The molecule has 0 aliphatic carbocycles.